The van der Waals surface area contributed by atoms with Crippen LogP contribution < -0.4 is 4.31 Å². The molecule has 0 aliphatic heterocycles. The van der Waals surface area contributed by atoms with Gasteiger partial charge in [-0.25, -0.2) is 13.4 Å². The Balaban J connectivity index is 1.79. The number of aliphatic carboxylic acids is 1. The number of carbonyl (C=O) groups is 1. The first kappa shape index (κ1) is 24.6. The summed E-state index contributed by atoms with van der Waals surface area (Å²) in [6.45, 7) is -1.06. The molecule has 0 aliphatic carbocycles. The first-order valence-electron chi connectivity index (χ1n) is 10.1. The van der Waals surface area contributed by atoms with E-state index in [-0.39, 0.29) is 27.2 Å². The molecule has 4 rings (SSSR count). The number of sulfonamides is 1. The van der Waals surface area contributed by atoms with Gasteiger partial charge in [0.05, 0.1) is 16.1 Å². The van der Waals surface area contributed by atoms with Crippen molar-refractivity contribution in [2.45, 2.75) is 4.90 Å². The molecule has 11 heteroatoms. The lowest BCUT2D eigenvalue weighted by atomic mass is 10.2. The normalized spacial score (nSPS) is 11.2. The van der Waals surface area contributed by atoms with Gasteiger partial charge in [0.1, 0.15) is 19.0 Å². The minimum atomic E-state index is -4.29. The molecule has 2 heterocycles. The highest BCUT2D eigenvalue weighted by atomic mass is 35.5. The predicted octanol–water partition coefficient (Wildman–Crippen LogP) is 3.96. The van der Waals surface area contributed by atoms with Crippen LogP contribution in [0.2, 0.25) is 10.0 Å². The highest BCUT2D eigenvalue weighted by Gasteiger charge is 2.28. The second-order valence-corrected chi connectivity index (χ2v) is 10.0. The molecule has 0 amide bonds. The quantitative estimate of drug-likeness (QED) is 0.365. The molecule has 0 atom stereocenters. The number of carboxylic acids is 1. The Labute approximate surface area is 211 Å². The van der Waals surface area contributed by atoms with Gasteiger partial charge in [-0.05, 0) is 54.6 Å². The average Bonchev–Trinajstić information content (AvgIpc) is 3.24. The molecule has 2 N–H and O–H groups in total. The lowest BCUT2D eigenvalue weighted by molar-refractivity contribution is -0.135. The number of aromatic nitrogens is 2. The van der Waals surface area contributed by atoms with Crippen LogP contribution in [0.5, 0.6) is 0 Å². The number of benzene rings is 2. The number of nitrogens with zero attached hydrogens (tertiary/aromatic N) is 3. The van der Waals surface area contributed by atoms with E-state index >= 15 is 0 Å². The number of hydrogen-bond donors (Lipinski definition) is 2. The van der Waals surface area contributed by atoms with Crippen molar-refractivity contribution in [2.75, 3.05) is 17.5 Å². The molecule has 0 saturated carbocycles. The van der Waals surface area contributed by atoms with E-state index in [9.17, 15) is 18.3 Å². The molecular formula is C24H17Cl2N3O5S. The highest BCUT2D eigenvalue weighted by molar-refractivity contribution is 7.92. The number of anilines is 1. The zero-order valence-corrected chi connectivity index (χ0v) is 20.2. The highest BCUT2D eigenvalue weighted by Crippen LogP contribution is 2.31. The number of aliphatic hydroxyl groups is 1. The molecule has 0 aliphatic rings. The van der Waals surface area contributed by atoms with Crippen LogP contribution in [0, 0.1) is 11.8 Å². The standard InChI is InChI=1S/C24H17Cl2N3O5S/c25-18-12-19(26)14-21(13-18)35(33,34)29(15-24(31)32)20-3-4-22-17(11-20)6-8-28(22)23-10-16(2-1-9-30)5-7-27-23/h3-8,10-14,30H,9,15H2,(H,31,32). The maximum Gasteiger partial charge on any atom is 0.324 e. The maximum absolute atomic E-state index is 13.4. The molecule has 0 fully saturated rings. The van der Waals surface area contributed by atoms with Crippen molar-refractivity contribution in [2.24, 2.45) is 0 Å². The molecule has 2 aromatic carbocycles. The Kier molecular flexibility index (Phi) is 7.00. The monoisotopic (exact) mass is 529 g/mol. The van der Waals surface area contributed by atoms with Gasteiger partial charge in [0, 0.05) is 33.4 Å². The molecule has 0 unspecified atom stereocenters. The Morgan fingerprint density at radius 1 is 1.06 bits per heavy atom. The van der Waals surface area contributed by atoms with Crippen LogP contribution in [-0.4, -0.2) is 47.3 Å². The van der Waals surface area contributed by atoms with Crippen LogP contribution >= 0.6 is 23.2 Å². The second-order valence-electron chi connectivity index (χ2n) is 7.30. The summed E-state index contributed by atoms with van der Waals surface area (Å²) in [5, 5.41) is 19.2. The minimum Gasteiger partial charge on any atom is -0.480 e. The van der Waals surface area contributed by atoms with Crippen molar-refractivity contribution >= 4 is 55.8 Å². The minimum absolute atomic E-state index is 0.109. The summed E-state index contributed by atoms with van der Waals surface area (Å²) in [6, 6.07) is 13.8. The lowest BCUT2D eigenvalue weighted by Gasteiger charge is -2.23. The third kappa shape index (κ3) is 5.26. The summed E-state index contributed by atoms with van der Waals surface area (Å²) in [5.41, 5.74) is 1.54. The first-order chi connectivity index (χ1) is 16.7. The van der Waals surface area contributed by atoms with Crippen LogP contribution in [0.1, 0.15) is 5.56 Å². The fourth-order valence-corrected chi connectivity index (χ4v) is 5.63. The molecule has 2 aromatic heterocycles. The molecule has 35 heavy (non-hydrogen) atoms. The summed E-state index contributed by atoms with van der Waals surface area (Å²) in [4.78, 5) is 15.7. The molecule has 8 nitrogen and oxygen atoms in total. The SMILES string of the molecule is O=C(O)CN(c1ccc2c(ccn2-c2cc(C#CCO)ccn2)c1)S(=O)(=O)c1cc(Cl)cc(Cl)c1. The van der Waals surface area contributed by atoms with E-state index in [1.54, 1.807) is 47.3 Å². The summed E-state index contributed by atoms with van der Waals surface area (Å²) >= 11 is 12.0. The zero-order valence-electron chi connectivity index (χ0n) is 17.9. The Bertz CT molecular complexity index is 1590. The van der Waals surface area contributed by atoms with Gasteiger partial charge in [-0.15, -0.1) is 0 Å². The summed E-state index contributed by atoms with van der Waals surface area (Å²) in [5.74, 6) is 4.65. The fraction of sp³-hybridized carbons (Fsp3) is 0.0833. The largest absolute Gasteiger partial charge is 0.480 e. The molecule has 0 saturated heterocycles. The number of pyridine rings is 1. The van der Waals surface area contributed by atoms with Crippen LogP contribution in [0.15, 0.2) is 71.9 Å². The number of hydrogen-bond acceptors (Lipinski definition) is 5. The Morgan fingerprint density at radius 3 is 2.49 bits per heavy atom. The summed E-state index contributed by atoms with van der Waals surface area (Å²) in [6.07, 6.45) is 3.35. The van der Waals surface area contributed by atoms with E-state index in [0.717, 1.165) is 4.31 Å². The van der Waals surface area contributed by atoms with E-state index in [0.29, 0.717) is 22.3 Å². The molecule has 0 radical (unpaired) electrons. The van der Waals surface area contributed by atoms with E-state index < -0.39 is 22.5 Å². The van der Waals surface area contributed by atoms with Crippen LogP contribution in [-0.2, 0) is 14.8 Å². The van der Waals surface area contributed by atoms with E-state index in [2.05, 4.69) is 16.8 Å². The summed E-state index contributed by atoms with van der Waals surface area (Å²) < 4.78 is 29.3. The molecular weight excluding hydrogens is 513 g/mol. The lowest BCUT2D eigenvalue weighted by Crippen LogP contribution is -2.35. The van der Waals surface area contributed by atoms with Crippen molar-refractivity contribution < 1.29 is 23.4 Å². The number of rotatable bonds is 6. The van der Waals surface area contributed by atoms with Crippen molar-refractivity contribution in [1.29, 1.82) is 0 Å². The molecule has 0 spiro atoms. The molecule has 4 aromatic rings. The van der Waals surface area contributed by atoms with E-state index in [4.69, 9.17) is 28.3 Å². The maximum atomic E-state index is 13.4. The number of carboxylic acid groups (broad SMARTS) is 1. The Hall–Kier alpha value is -3.55. The number of aliphatic hydroxyl groups excluding tert-OH is 1. The molecule has 178 valence electrons. The molecule has 0 bridgehead atoms. The number of halogens is 2. The van der Waals surface area contributed by atoms with Crippen molar-refractivity contribution in [3.63, 3.8) is 0 Å². The number of fused-ring (bicyclic) bond motifs is 1. The van der Waals surface area contributed by atoms with Gasteiger partial charge in [-0.1, -0.05) is 35.0 Å². The van der Waals surface area contributed by atoms with Gasteiger partial charge >= 0.3 is 5.97 Å². The fourth-order valence-electron chi connectivity index (χ4n) is 3.50. The predicted molar refractivity (Wildman–Crippen MR) is 134 cm³/mol. The van der Waals surface area contributed by atoms with Crippen LogP contribution in [0.25, 0.3) is 16.7 Å². The summed E-state index contributed by atoms with van der Waals surface area (Å²) in [7, 11) is -4.29. The van der Waals surface area contributed by atoms with Gasteiger partial charge in [0.2, 0.25) is 0 Å². The third-order valence-electron chi connectivity index (χ3n) is 4.97. The first-order valence-corrected chi connectivity index (χ1v) is 12.3. The Morgan fingerprint density at radius 2 is 1.80 bits per heavy atom. The topological polar surface area (TPSA) is 113 Å². The van der Waals surface area contributed by atoms with Crippen LogP contribution in [0.4, 0.5) is 5.69 Å². The van der Waals surface area contributed by atoms with E-state index in [1.807, 2.05) is 0 Å². The van der Waals surface area contributed by atoms with Gasteiger partial charge < -0.3 is 14.8 Å². The van der Waals surface area contributed by atoms with E-state index in [1.165, 1.54) is 24.3 Å². The third-order valence-corrected chi connectivity index (χ3v) is 7.16. The second kappa shape index (κ2) is 9.98. The van der Waals surface area contributed by atoms with Crippen molar-refractivity contribution in [1.82, 2.24) is 9.55 Å². The van der Waals surface area contributed by atoms with Crippen molar-refractivity contribution in [3.8, 4) is 17.7 Å². The van der Waals surface area contributed by atoms with Gasteiger partial charge in [-0.2, -0.15) is 0 Å². The van der Waals surface area contributed by atoms with Crippen LogP contribution in [0.3, 0.4) is 0 Å². The van der Waals surface area contributed by atoms with Gasteiger partial charge in [-0.3, -0.25) is 9.10 Å². The smallest absolute Gasteiger partial charge is 0.324 e. The van der Waals surface area contributed by atoms with Gasteiger partial charge in [0.25, 0.3) is 10.0 Å². The zero-order chi connectivity index (χ0) is 25.2. The average molecular weight is 530 g/mol. The van der Waals surface area contributed by atoms with Gasteiger partial charge in [0.15, 0.2) is 0 Å². The van der Waals surface area contributed by atoms with Crippen molar-refractivity contribution in [3.05, 3.63) is 82.6 Å².